The molecule has 2 aromatic rings. The van der Waals surface area contributed by atoms with Gasteiger partial charge in [-0.3, -0.25) is 4.79 Å². The van der Waals surface area contributed by atoms with E-state index in [1.165, 1.54) is 12.1 Å². The van der Waals surface area contributed by atoms with E-state index in [0.29, 0.717) is 31.3 Å². The summed E-state index contributed by atoms with van der Waals surface area (Å²) in [4.78, 5) is 12.7. The molecular weight excluding hydrogens is 392 g/mol. The fourth-order valence-electron chi connectivity index (χ4n) is 2.93. The molecule has 0 spiro atoms. The van der Waals surface area contributed by atoms with E-state index in [-0.39, 0.29) is 16.7 Å². The van der Waals surface area contributed by atoms with Crippen LogP contribution in [0.3, 0.4) is 0 Å². The van der Waals surface area contributed by atoms with Gasteiger partial charge in [0, 0.05) is 19.0 Å². The van der Waals surface area contributed by atoms with Crippen molar-refractivity contribution in [3.63, 3.8) is 0 Å². The summed E-state index contributed by atoms with van der Waals surface area (Å²) in [7, 11) is -3.92. The van der Waals surface area contributed by atoms with E-state index in [1.54, 1.807) is 19.9 Å². The van der Waals surface area contributed by atoms with Crippen LogP contribution in [0.4, 0.5) is 0 Å². The van der Waals surface area contributed by atoms with E-state index >= 15 is 0 Å². The highest BCUT2D eigenvalue weighted by atomic mass is 32.2. The van der Waals surface area contributed by atoms with Gasteiger partial charge in [0.1, 0.15) is 6.04 Å². The van der Waals surface area contributed by atoms with Gasteiger partial charge in [-0.05, 0) is 23.6 Å². The molecule has 0 unspecified atom stereocenters. The third kappa shape index (κ3) is 5.48. The van der Waals surface area contributed by atoms with Crippen molar-refractivity contribution < 1.29 is 22.7 Å². The molecule has 1 amide bonds. The average Bonchev–Trinajstić information content (AvgIpc) is 2.95. The lowest BCUT2D eigenvalue weighted by atomic mass is 10.0. The molecular formula is C21H26N2O5S. The second kappa shape index (κ2) is 9.28. The summed E-state index contributed by atoms with van der Waals surface area (Å²) in [6.45, 7) is 4.90. The summed E-state index contributed by atoms with van der Waals surface area (Å²) in [6.07, 6.45) is 0.728. The molecule has 0 bridgehead atoms. The van der Waals surface area contributed by atoms with Gasteiger partial charge in [0.05, 0.1) is 18.1 Å². The maximum absolute atomic E-state index is 12.9. The van der Waals surface area contributed by atoms with Gasteiger partial charge in [0.2, 0.25) is 15.9 Å². The van der Waals surface area contributed by atoms with Crippen molar-refractivity contribution in [2.75, 3.05) is 13.2 Å². The molecule has 3 rings (SSSR count). The average molecular weight is 419 g/mol. The Morgan fingerprint density at radius 2 is 1.72 bits per heavy atom. The zero-order valence-electron chi connectivity index (χ0n) is 16.6. The third-order valence-corrected chi connectivity index (χ3v) is 6.01. The van der Waals surface area contributed by atoms with E-state index in [4.69, 9.17) is 9.47 Å². The van der Waals surface area contributed by atoms with E-state index in [9.17, 15) is 13.2 Å². The summed E-state index contributed by atoms with van der Waals surface area (Å²) in [5.41, 5.74) is 0.939. The fraction of sp³-hybridized carbons (Fsp3) is 0.381. The lowest BCUT2D eigenvalue weighted by Gasteiger charge is -2.22. The Morgan fingerprint density at radius 3 is 2.41 bits per heavy atom. The van der Waals surface area contributed by atoms with Gasteiger partial charge in [-0.1, -0.05) is 44.2 Å². The first-order valence-corrected chi connectivity index (χ1v) is 11.1. The van der Waals surface area contributed by atoms with Crippen LogP contribution in [-0.4, -0.2) is 33.6 Å². The van der Waals surface area contributed by atoms with Gasteiger partial charge in [-0.2, -0.15) is 4.72 Å². The maximum Gasteiger partial charge on any atom is 0.241 e. The number of carbonyl (C=O) groups excluding carboxylic acids is 1. The zero-order valence-corrected chi connectivity index (χ0v) is 17.4. The maximum atomic E-state index is 12.9. The summed E-state index contributed by atoms with van der Waals surface area (Å²) in [5.74, 6) is 0.296. The number of carbonyl (C=O) groups is 1. The Bertz CT molecular complexity index is 945. The minimum absolute atomic E-state index is 0.0308. The van der Waals surface area contributed by atoms with Crippen LogP contribution in [0.2, 0.25) is 0 Å². The molecule has 1 aliphatic rings. The highest BCUT2D eigenvalue weighted by molar-refractivity contribution is 7.89. The van der Waals surface area contributed by atoms with Crippen molar-refractivity contribution in [3.8, 4) is 11.5 Å². The number of hydrogen-bond acceptors (Lipinski definition) is 5. The molecule has 1 heterocycles. The molecule has 0 saturated heterocycles. The molecule has 0 fully saturated rings. The minimum Gasteiger partial charge on any atom is -0.490 e. The molecule has 2 aromatic carbocycles. The van der Waals surface area contributed by atoms with Crippen LogP contribution in [0.1, 0.15) is 25.8 Å². The number of ether oxygens (including phenoxy) is 2. The predicted molar refractivity (Wildman–Crippen MR) is 109 cm³/mol. The smallest absolute Gasteiger partial charge is 0.241 e. The Kier molecular flexibility index (Phi) is 6.76. The molecule has 8 heteroatoms. The summed E-state index contributed by atoms with van der Waals surface area (Å²) in [5, 5.41) is 2.80. The zero-order chi connectivity index (χ0) is 20.9. The Labute approximate surface area is 171 Å². The topological polar surface area (TPSA) is 93.7 Å². The number of rotatable bonds is 7. The summed E-state index contributed by atoms with van der Waals surface area (Å²) in [6, 6.07) is 13.0. The Balaban J connectivity index is 1.73. The first kappa shape index (κ1) is 21.1. The van der Waals surface area contributed by atoms with Crippen molar-refractivity contribution in [2.45, 2.75) is 37.8 Å². The quantitative estimate of drug-likeness (QED) is 0.720. The first-order valence-electron chi connectivity index (χ1n) is 9.60. The van der Waals surface area contributed by atoms with Crippen molar-refractivity contribution in [3.05, 3.63) is 54.1 Å². The number of hydrogen-bond donors (Lipinski definition) is 2. The van der Waals surface area contributed by atoms with E-state index in [2.05, 4.69) is 10.0 Å². The predicted octanol–water partition coefficient (Wildman–Crippen LogP) is 2.47. The molecule has 29 heavy (non-hydrogen) atoms. The number of sulfonamides is 1. The largest absolute Gasteiger partial charge is 0.490 e. The van der Waals surface area contributed by atoms with E-state index in [0.717, 1.165) is 12.0 Å². The molecule has 0 aromatic heterocycles. The van der Waals surface area contributed by atoms with Crippen molar-refractivity contribution in [2.24, 2.45) is 5.92 Å². The van der Waals surface area contributed by atoms with Crippen LogP contribution in [0.25, 0.3) is 0 Å². The normalized spacial score (nSPS) is 14.9. The second-order valence-electron chi connectivity index (χ2n) is 7.21. The highest BCUT2D eigenvalue weighted by Crippen LogP contribution is 2.32. The van der Waals surface area contributed by atoms with Gasteiger partial charge < -0.3 is 14.8 Å². The summed E-state index contributed by atoms with van der Waals surface area (Å²) < 4.78 is 39.5. The molecule has 1 atom stereocenters. The molecule has 2 N–H and O–H groups in total. The molecule has 1 aliphatic heterocycles. The number of benzene rings is 2. The lowest BCUT2D eigenvalue weighted by molar-refractivity contribution is -0.123. The molecule has 0 saturated carbocycles. The van der Waals surface area contributed by atoms with Crippen LogP contribution in [0.15, 0.2) is 53.4 Å². The minimum atomic E-state index is -3.92. The molecule has 0 radical (unpaired) electrons. The van der Waals surface area contributed by atoms with Gasteiger partial charge >= 0.3 is 0 Å². The van der Waals surface area contributed by atoms with Crippen molar-refractivity contribution >= 4 is 15.9 Å². The van der Waals surface area contributed by atoms with Gasteiger partial charge in [0.15, 0.2) is 11.5 Å². The lowest BCUT2D eigenvalue weighted by Crippen LogP contribution is -2.49. The molecule has 0 aliphatic carbocycles. The molecule has 7 nitrogen and oxygen atoms in total. The van der Waals surface area contributed by atoms with E-state index < -0.39 is 16.1 Å². The van der Waals surface area contributed by atoms with E-state index in [1.807, 2.05) is 30.3 Å². The Hall–Kier alpha value is -2.58. The number of nitrogens with one attached hydrogen (secondary N) is 2. The van der Waals surface area contributed by atoms with Crippen molar-refractivity contribution in [1.29, 1.82) is 0 Å². The number of amides is 1. The Morgan fingerprint density at radius 1 is 1.03 bits per heavy atom. The van der Waals surface area contributed by atoms with Crippen LogP contribution in [0.5, 0.6) is 11.5 Å². The van der Waals surface area contributed by atoms with Crippen LogP contribution in [-0.2, 0) is 21.4 Å². The molecule has 156 valence electrons. The van der Waals surface area contributed by atoms with Gasteiger partial charge in [0.25, 0.3) is 0 Å². The monoisotopic (exact) mass is 418 g/mol. The fourth-order valence-corrected chi connectivity index (χ4v) is 4.29. The van der Waals surface area contributed by atoms with Gasteiger partial charge in [-0.15, -0.1) is 0 Å². The second-order valence-corrected chi connectivity index (χ2v) is 8.92. The highest BCUT2D eigenvalue weighted by Gasteiger charge is 2.29. The third-order valence-electron chi connectivity index (χ3n) is 4.57. The van der Waals surface area contributed by atoms with Crippen LogP contribution in [0, 0.1) is 5.92 Å². The van der Waals surface area contributed by atoms with Crippen LogP contribution >= 0.6 is 0 Å². The SMILES string of the molecule is CC(C)[C@@H](NS(=O)(=O)c1ccc2c(c1)OCCCO2)C(=O)NCc1ccccc1. The van der Waals surface area contributed by atoms with Crippen LogP contribution < -0.4 is 19.5 Å². The van der Waals surface area contributed by atoms with Gasteiger partial charge in [-0.25, -0.2) is 8.42 Å². The summed E-state index contributed by atoms with van der Waals surface area (Å²) >= 11 is 0. The standard InChI is InChI=1S/C21H26N2O5S/c1-15(2)20(21(24)22-14-16-7-4-3-5-8-16)23-29(25,26)17-9-10-18-19(13-17)28-12-6-11-27-18/h3-5,7-10,13,15,20,23H,6,11-12,14H2,1-2H3,(H,22,24)/t20-/m1/s1. The number of fused-ring (bicyclic) bond motifs is 1. The first-order chi connectivity index (χ1) is 13.9. The van der Waals surface area contributed by atoms with Crippen molar-refractivity contribution in [1.82, 2.24) is 10.0 Å².